The molecule has 0 bridgehead atoms. The highest BCUT2D eigenvalue weighted by atomic mass is 16.3. The summed E-state index contributed by atoms with van der Waals surface area (Å²) in [6.45, 7) is 9.13. The molecular weight excluding hydrogens is 244 g/mol. The van der Waals surface area contributed by atoms with Crippen molar-refractivity contribution in [2.45, 2.75) is 111 Å². The molecule has 0 radical (unpaired) electrons. The Hall–Kier alpha value is -0.0400. The van der Waals surface area contributed by atoms with E-state index in [9.17, 15) is 5.11 Å². The molecule has 0 fully saturated rings. The quantitative estimate of drug-likeness (QED) is 0.394. The molecule has 1 N–H and O–H groups in total. The van der Waals surface area contributed by atoms with E-state index in [4.69, 9.17) is 0 Å². The van der Waals surface area contributed by atoms with Gasteiger partial charge < -0.3 is 5.11 Å². The van der Waals surface area contributed by atoms with Gasteiger partial charge in [-0.3, -0.25) is 0 Å². The summed E-state index contributed by atoms with van der Waals surface area (Å²) >= 11 is 0. The first kappa shape index (κ1) is 20.0. The Morgan fingerprint density at radius 1 is 0.600 bits per heavy atom. The van der Waals surface area contributed by atoms with Crippen LogP contribution in [0, 0.1) is 11.8 Å². The molecule has 0 aliphatic carbocycles. The number of hydrogen-bond donors (Lipinski definition) is 1. The molecule has 0 saturated carbocycles. The molecule has 0 saturated heterocycles. The number of unbranched alkanes of at least 4 members (excludes halogenated alkanes) is 2. The number of aliphatic hydroxyl groups is 1. The maximum atomic E-state index is 10.2. The fraction of sp³-hybridized carbons (Fsp3) is 1.00. The van der Waals surface area contributed by atoms with E-state index in [0.717, 1.165) is 24.7 Å². The third-order valence-electron chi connectivity index (χ3n) is 4.90. The van der Waals surface area contributed by atoms with E-state index in [-0.39, 0.29) is 6.10 Å². The SMILES string of the molecule is CCCCC(CC)CCC(O)CCC(CC)CCCC. The van der Waals surface area contributed by atoms with E-state index >= 15 is 0 Å². The van der Waals surface area contributed by atoms with E-state index in [2.05, 4.69) is 27.7 Å². The van der Waals surface area contributed by atoms with E-state index in [1.165, 1.54) is 64.2 Å². The van der Waals surface area contributed by atoms with Crippen molar-refractivity contribution >= 4 is 0 Å². The van der Waals surface area contributed by atoms with Gasteiger partial charge in [0.15, 0.2) is 0 Å². The van der Waals surface area contributed by atoms with Gasteiger partial charge >= 0.3 is 0 Å². The van der Waals surface area contributed by atoms with Crippen molar-refractivity contribution in [3.05, 3.63) is 0 Å². The van der Waals surface area contributed by atoms with Crippen LogP contribution in [0.15, 0.2) is 0 Å². The van der Waals surface area contributed by atoms with Crippen molar-refractivity contribution in [1.29, 1.82) is 0 Å². The summed E-state index contributed by atoms with van der Waals surface area (Å²) in [6, 6.07) is 0. The highest BCUT2D eigenvalue weighted by Gasteiger charge is 2.13. The van der Waals surface area contributed by atoms with Crippen LogP contribution in [0.3, 0.4) is 0 Å². The van der Waals surface area contributed by atoms with Gasteiger partial charge in [-0.1, -0.05) is 79.1 Å². The Kier molecular flexibility index (Phi) is 13.9. The van der Waals surface area contributed by atoms with Crippen molar-refractivity contribution in [2.24, 2.45) is 11.8 Å². The van der Waals surface area contributed by atoms with Crippen molar-refractivity contribution in [1.82, 2.24) is 0 Å². The molecule has 0 rings (SSSR count). The average Bonchev–Trinajstić information content (AvgIpc) is 2.47. The van der Waals surface area contributed by atoms with Gasteiger partial charge in [-0.2, -0.15) is 0 Å². The van der Waals surface area contributed by atoms with Crippen molar-refractivity contribution in [3.8, 4) is 0 Å². The van der Waals surface area contributed by atoms with Gasteiger partial charge in [-0.15, -0.1) is 0 Å². The lowest BCUT2D eigenvalue weighted by Crippen LogP contribution is -2.12. The van der Waals surface area contributed by atoms with Crippen LogP contribution in [0.25, 0.3) is 0 Å². The molecule has 2 unspecified atom stereocenters. The highest BCUT2D eigenvalue weighted by Crippen LogP contribution is 2.23. The summed E-state index contributed by atoms with van der Waals surface area (Å²) < 4.78 is 0. The van der Waals surface area contributed by atoms with Crippen LogP contribution in [-0.4, -0.2) is 11.2 Å². The van der Waals surface area contributed by atoms with Crippen LogP contribution in [0.4, 0.5) is 0 Å². The summed E-state index contributed by atoms with van der Waals surface area (Å²) in [6.07, 6.45) is 15.0. The van der Waals surface area contributed by atoms with E-state index in [0.29, 0.717) is 0 Å². The Labute approximate surface area is 128 Å². The number of hydrogen-bond acceptors (Lipinski definition) is 1. The predicted molar refractivity (Wildman–Crippen MR) is 91.1 cm³/mol. The molecule has 0 aromatic heterocycles. The minimum Gasteiger partial charge on any atom is -0.393 e. The van der Waals surface area contributed by atoms with Crippen LogP contribution in [0.1, 0.15) is 105 Å². The van der Waals surface area contributed by atoms with Crippen LogP contribution < -0.4 is 0 Å². The molecule has 0 aromatic rings. The zero-order valence-electron chi connectivity index (χ0n) is 14.7. The topological polar surface area (TPSA) is 20.2 Å². The molecule has 2 atom stereocenters. The molecule has 122 valence electrons. The van der Waals surface area contributed by atoms with Gasteiger partial charge in [0, 0.05) is 0 Å². The van der Waals surface area contributed by atoms with Crippen LogP contribution in [0.2, 0.25) is 0 Å². The Bertz CT molecular complexity index is 170. The maximum absolute atomic E-state index is 10.2. The smallest absolute Gasteiger partial charge is 0.0540 e. The van der Waals surface area contributed by atoms with Crippen LogP contribution in [0.5, 0.6) is 0 Å². The lowest BCUT2D eigenvalue weighted by atomic mass is 9.89. The standard InChI is InChI=1S/C19H40O/c1-5-9-11-17(7-3)13-15-19(20)16-14-18(8-4)12-10-6-2/h17-20H,5-16H2,1-4H3. The summed E-state index contributed by atoms with van der Waals surface area (Å²) in [5.41, 5.74) is 0. The Balaban J connectivity index is 3.76. The molecule has 0 amide bonds. The second-order valence-corrected chi connectivity index (χ2v) is 6.64. The fourth-order valence-electron chi connectivity index (χ4n) is 3.09. The lowest BCUT2D eigenvalue weighted by molar-refractivity contribution is 0.133. The van der Waals surface area contributed by atoms with Crippen LogP contribution >= 0.6 is 0 Å². The van der Waals surface area contributed by atoms with Crippen molar-refractivity contribution < 1.29 is 5.11 Å². The Morgan fingerprint density at radius 3 is 1.30 bits per heavy atom. The molecule has 0 aromatic carbocycles. The van der Waals surface area contributed by atoms with Gasteiger partial charge in [0.2, 0.25) is 0 Å². The molecule has 1 nitrogen and oxygen atoms in total. The third kappa shape index (κ3) is 10.7. The van der Waals surface area contributed by atoms with Gasteiger partial charge in [0.25, 0.3) is 0 Å². The fourth-order valence-corrected chi connectivity index (χ4v) is 3.09. The highest BCUT2D eigenvalue weighted by molar-refractivity contribution is 4.66. The van der Waals surface area contributed by atoms with E-state index < -0.39 is 0 Å². The number of aliphatic hydroxyl groups excluding tert-OH is 1. The normalized spacial score (nSPS) is 16.1. The van der Waals surface area contributed by atoms with Crippen molar-refractivity contribution in [3.63, 3.8) is 0 Å². The molecule has 0 spiro atoms. The zero-order valence-corrected chi connectivity index (χ0v) is 14.7. The first-order valence-corrected chi connectivity index (χ1v) is 9.35. The van der Waals surface area contributed by atoms with E-state index in [1.807, 2.05) is 0 Å². The lowest BCUT2D eigenvalue weighted by Gasteiger charge is -2.19. The summed E-state index contributed by atoms with van der Waals surface area (Å²) in [5, 5.41) is 10.2. The van der Waals surface area contributed by atoms with Crippen LogP contribution in [-0.2, 0) is 0 Å². The minimum atomic E-state index is -0.0543. The first-order valence-electron chi connectivity index (χ1n) is 9.35. The van der Waals surface area contributed by atoms with E-state index in [1.54, 1.807) is 0 Å². The second-order valence-electron chi connectivity index (χ2n) is 6.64. The summed E-state index contributed by atoms with van der Waals surface area (Å²) in [5.74, 6) is 1.68. The summed E-state index contributed by atoms with van der Waals surface area (Å²) in [7, 11) is 0. The van der Waals surface area contributed by atoms with Gasteiger partial charge in [-0.05, 0) is 37.5 Å². The predicted octanol–water partition coefficient (Wildman–Crippen LogP) is 6.34. The van der Waals surface area contributed by atoms with Gasteiger partial charge in [0.05, 0.1) is 6.10 Å². The maximum Gasteiger partial charge on any atom is 0.0540 e. The molecule has 0 aliphatic rings. The number of rotatable bonds is 14. The third-order valence-corrected chi connectivity index (χ3v) is 4.90. The minimum absolute atomic E-state index is 0.0543. The summed E-state index contributed by atoms with van der Waals surface area (Å²) in [4.78, 5) is 0. The van der Waals surface area contributed by atoms with Gasteiger partial charge in [-0.25, -0.2) is 0 Å². The van der Waals surface area contributed by atoms with Crippen molar-refractivity contribution in [2.75, 3.05) is 0 Å². The molecular formula is C19H40O. The first-order chi connectivity index (χ1) is 9.67. The molecule has 1 heteroatoms. The molecule has 0 aliphatic heterocycles. The largest absolute Gasteiger partial charge is 0.393 e. The molecule has 20 heavy (non-hydrogen) atoms. The molecule has 0 heterocycles. The Morgan fingerprint density at radius 2 is 1.00 bits per heavy atom. The average molecular weight is 285 g/mol. The van der Waals surface area contributed by atoms with Gasteiger partial charge in [0.1, 0.15) is 0 Å². The monoisotopic (exact) mass is 284 g/mol. The zero-order chi connectivity index (χ0) is 15.2. The second kappa shape index (κ2) is 13.9.